The predicted molar refractivity (Wildman–Crippen MR) is 88.9 cm³/mol. The minimum absolute atomic E-state index is 0.00688. The summed E-state index contributed by atoms with van der Waals surface area (Å²) in [5.74, 6) is -1.15. The van der Waals surface area contributed by atoms with Crippen LogP contribution in [0.15, 0.2) is 24.3 Å². The van der Waals surface area contributed by atoms with E-state index in [4.69, 9.17) is 11.6 Å². The van der Waals surface area contributed by atoms with Crippen LogP contribution in [0.5, 0.6) is 0 Å². The number of amides is 1. The van der Waals surface area contributed by atoms with Gasteiger partial charge in [0.1, 0.15) is 7.85 Å². The van der Waals surface area contributed by atoms with E-state index in [0.29, 0.717) is 24.5 Å². The molecule has 2 rings (SSSR count). The first kappa shape index (κ1) is 16.9. The Bertz CT molecular complexity index is 535. The van der Waals surface area contributed by atoms with Gasteiger partial charge in [-0.05, 0) is 30.0 Å². The van der Waals surface area contributed by atoms with Crippen LogP contribution >= 0.6 is 11.6 Å². The molecular weight excluding hydrogens is 300 g/mol. The minimum Gasteiger partial charge on any atom is -0.481 e. The van der Waals surface area contributed by atoms with Crippen LogP contribution in [0.1, 0.15) is 18.4 Å². The minimum atomic E-state index is -0.789. The number of carbonyl (C=O) groups is 2. The van der Waals surface area contributed by atoms with Crippen molar-refractivity contribution in [3.05, 3.63) is 34.9 Å². The van der Waals surface area contributed by atoms with Gasteiger partial charge in [-0.15, -0.1) is 0 Å². The quantitative estimate of drug-likeness (QED) is 0.814. The Balaban J connectivity index is 1.98. The highest BCUT2D eigenvalue weighted by atomic mass is 35.5. The zero-order valence-corrected chi connectivity index (χ0v) is 13.6. The topological polar surface area (TPSA) is 57.6 Å². The molecule has 0 unspecified atom stereocenters. The van der Waals surface area contributed by atoms with E-state index in [2.05, 4.69) is 7.85 Å². The molecule has 118 valence electrons. The normalized spacial score (nSPS) is 21.0. The fraction of sp³-hybridized carbons (Fsp3) is 0.500. The van der Waals surface area contributed by atoms with E-state index >= 15 is 0 Å². The third-order valence-electron chi connectivity index (χ3n) is 4.31. The van der Waals surface area contributed by atoms with Crippen molar-refractivity contribution in [2.24, 2.45) is 11.8 Å². The number of halogens is 1. The number of benzene rings is 1. The monoisotopic (exact) mass is 321 g/mol. The third-order valence-corrected chi connectivity index (χ3v) is 4.56. The fourth-order valence-electron chi connectivity index (χ4n) is 3.00. The molecule has 1 fully saturated rings. The van der Waals surface area contributed by atoms with Crippen molar-refractivity contribution < 1.29 is 14.7 Å². The molecule has 0 aromatic heterocycles. The molecule has 0 spiro atoms. The van der Waals surface area contributed by atoms with Crippen molar-refractivity contribution in [1.29, 1.82) is 0 Å². The van der Waals surface area contributed by atoms with Crippen LogP contribution in [-0.2, 0) is 16.0 Å². The Morgan fingerprint density at radius 3 is 2.55 bits per heavy atom. The summed E-state index contributed by atoms with van der Waals surface area (Å²) in [6, 6.07) is 7.19. The summed E-state index contributed by atoms with van der Waals surface area (Å²) < 4.78 is 0. The molecule has 1 aliphatic heterocycles. The largest absolute Gasteiger partial charge is 0.481 e. The maximum Gasteiger partial charge on any atom is 0.308 e. The molecule has 22 heavy (non-hydrogen) atoms. The average molecular weight is 322 g/mol. The highest BCUT2D eigenvalue weighted by Crippen LogP contribution is 2.28. The number of nitrogens with zero attached hydrogens (tertiary/aromatic N) is 1. The van der Waals surface area contributed by atoms with Gasteiger partial charge in [-0.1, -0.05) is 36.5 Å². The Hall–Kier alpha value is -1.49. The van der Waals surface area contributed by atoms with Gasteiger partial charge in [-0.3, -0.25) is 9.59 Å². The molecule has 0 aliphatic carbocycles. The fourth-order valence-corrected chi connectivity index (χ4v) is 3.13. The Kier molecular flexibility index (Phi) is 5.89. The number of aliphatic carboxylic acids is 1. The van der Waals surface area contributed by atoms with Crippen molar-refractivity contribution in [3.63, 3.8) is 0 Å². The molecule has 1 heterocycles. The first-order valence-corrected chi connectivity index (χ1v) is 8.14. The number of likely N-dealkylation sites (tertiary alicyclic amines) is 1. The summed E-state index contributed by atoms with van der Waals surface area (Å²) in [4.78, 5) is 25.5. The second-order valence-electron chi connectivity index (χ2n) is 5.95. The predicted octanol–water partition coefficient (Wildman–Crippen LogP) is 1.87. The maximum absolute atomic E-state index is 12.4. The smallest absolute Gasteiger partial charge is 0.308 e. The van der Waals surface area contributed by atoms with Gasteiger partial charge in [0.15, 0.2) is 0 Å². The standard InChI is InChI=1S/C16H21BClNO3/c17-7-1-2-12-9-19(10-14(12)16(21)22)15(20)8-11-3-5-13(18)6-4-11/h3-6,12,14H,1-2,7-10,17H2,(H,21,22)/t12-,14+/m0/s1. The zero-order valence-electron chi connectivity index (χ0n) is 12.8. The zero-order chi connectivity index (χ0) is 16.1. The molecule has 1 aliphatic rings. The Morgan fingerprint density at radius 1 is 1.27 bits per heavy atom. The first-order valence-electron chi connectivity index (χ1n) is 7.76. The van der Waals surface area contributed by atoms with Gasteiger partial charge in [0.05, 0.1) is 12.3 Å². The molecular formula is C16H21BClNO3. The molecule has 0 bridgehead atoms. The summed E-state index contributed by atoms with van der Waals surface area (Å²) in [7, 11) is 2.09. The molecule has 4 nitrogen and oxygen atoms in total. The molecule has 0 radical (unpaired) electrons. The Labute approximate surface area is 136 Å². The second-order valence-corrected chi connectivity index (χ2v) is 6.39. The number of hydrogen-bond acceptors (Lipinski definition) is 2. The van der Waals surface area contributed by atoms with Gasteiger partial charge >= 0.3 is 5.97 Å². The molecule has 6 heteroatoms. The molecule has 1 N–H and O–H groups in total. The molecule has 1 amide bonds. The highest BCUT2D eigenvalue weighted by Gasteiger charge is 2.38. The van der Waals surface area contributed by atoms with E-state index in [0.717, 1.165) is 24.7 Å². The van der Waals surface area contributed by atoms with Crippen LogP contribution in [0.3, 0.4) is 0 Å². The van der Waals surface area contributed by atoms with Gasteiger partial charge in [0.2, 0.25) is 5.91 Å². The molecule has 2 atom stereocenters. The van der Waals surface area contributed by atoms with E-state index in [1.807, 2.05) is 12.1 Å². The first-order chi connectivity index (χ1) is 10.5. The molecule has 0 saturated carbocycles. The molecule has 1 aromatic carbocycles. The average Bonchev–Trinajstić information content (AvgIpc) is 2.92. The third kappa shape index (κ3) is 4.26. The van der Waals surface area contributed by atoms with Crippen LogP contribution in [0.4, 0.5) is 0 Å². The van der Waals surface area contributed by atoms with E-state index in [1.54, 1.807) is 17.0 Å². The van der Waals surface area contributed by atoms with E-state index in [9.17, 15) is 14.7 Å². The summed E-state index contributed by atoms with van der Waals surface area (Å²) in [6.45, 7) is 0.888. The van der Waals surface area contributed by atoms with Gasteiger partial charge in [0.25, 0.3) is 0 Å². The lowest BCUT2D eigenvalue weighted by atomic mass is 9.88. The number of hydrogen-bond donors (Lipinski definition) is 1. The number of carbonyl (C=O) groups excluding carboxylic acids is 1. The van der Waals surface area contributed by atoms with Crippen molar-refractivity contribution in [1.82, 2.24) is 4.90 Å². The summed E-state index contributed by atoms with van der Waals surface area (Å²) >= 11 is 5.84. The van der Waals surface area contributed by atoms with Gasteiger partial charge in [0, 0.05) is 18.1 Å². The van der Waals surface area contributed by atoms with Crippen molar-refractivity contribution in [2.45, 2.75) is 25.6 Å². The molecule has 1 saturated heterocycles. The van der Waals surface area contributed by atoms with E-state index in [1.165, 1.54) is 0 Å². The Morgan fingerprint density at radius 2 is 1.95 bits per heavy atom. The van der Waals surface area contributed by atoms with Crippen molar-refractivity contribution in [3.8, 4) is 0 Å². The number of rotatable bonds is 6. The van der Waals surface area contributed by atoms with Crippen LogP contribution in [0, 0.1) is 11.8 Å². The SMILES string of the molecule is BCCC[C@H]1CN(C(=O)Cc2ccc(Cl)cc2)C[C@H]1C(=O)O. The van der Waals surface area contributed by atoms with Gasteiger partial charge in [-0.25, -0.2) is 0 Å². The lowest BCUT2D eigenvalue weighted by Crippen LogP contribution is -2.31. The summed E-state index contributed by atoms with van der Waals surface area (Å²) in [5, 5.41) is 9.99. The van der Waals surface area contributed by atoms with Crippen LogP contribution in [0.2, 0.25) is 11.3 Å². The van der Waals surface area contributed by atoms with E-state index < -0.39 is 11.9 Å². The second kappa shape index (κ2) is 7.68. The highest BCUT2D eigenvalue weighted by molar-refractivity contribution is 6.30. The summed E-state index contributed by atoms with van der Waals surface area (Å²) in [6.07, 6.45) is 3.22. The van der Waals surface area contributed by atoms with E-state index in [-0.39, 0.29) is 11.8 Å². The number of carboxylic acid groups (broad SMARTS) is 1. The lowest BCUT2D eigenvalue weighted by molar-refractivity contribution is -0.142. The van der Waals surface area contributed by atoms with Crippen LogP contribution in [0.25, 0.3) is 0 Å². The van der Waals surface area contributed by atoms with Crippen molar-refractivity contribution >= 4 is 31.3 Å². The number of carboxylic acids is 1. The van der Waals surface area contributed by atoms with Crippen molar-refractivity contribution in [2.75, 3.05) is 13.1 Å². The molecule has 1 aromatic rings. The maximum atomic E-state index is 12.4. The van der Waals surface area contributed by atoms with Crippen LogP contribution in [-0.4, -0.2) is 42.8 Å². The van der Waals surface area contributed by atoms with Gasteiger partial charge < -0.3 is 10.0 Å². The van der Waals surface area contributed by atoms with Crippen LogP contribution < -0.4 is 0 Å². The van der Waals surface area contributed by atoms with Gasteiger partial charge in [-0.2, -0.15) is 0 Å². The summed E-state index contributed by atoms with van der Waals surface area (Å²) in [5.41, 5.74) is 0.901. The lowest BCUT2D eigenvalue weighted by Gasteiger charge is -2.16.